The molecule has 3 N–H and O–H groups in total. The first-order valence-corrected chi connectivity index (χ1v) is 7.05. The first kappa shape index (κ1) is 14.9. The number of ether oxygens (including phenoxy) is 1. The van der Waals surface area contributed by atoms with Crippen molar-refractivity contribution < 1.29 is 14.7 Å². The van der Waals surface area contributed by atoms with Crippen molar-refractivity contribution in [1.82, 2.24) is 5.06 Å². The number of thiophene rings is 1. The largest absolute Gasteiger partial charge is 0.447 e. The maximum Gasteiger partial charge on any atom is 0.339 e. The van der Waals surface area contributed by atoms with Crippen molar-refractivity contribution in [1.29, 1.82) is 0 Å². The van der Waals surface area contributed by atoms with Crippen molar-refractivity contribution in [2.45, 2.75) is 13.0 Å². The Kier molecular flexibility index (Phi) is 4.82. The van der Waals surface area contributed by atoms with Gasteiger partial charge in [-0.25, -0.2) is 4.79 Å². The third kappa shape index (κ3) is 4.24. The van der Waals surface area contributed by atoms with Crippen LogP contribution in [0.3, 0.4) is 0 Å². The Hall–Kier alpha value is -2.49. The summed E-state index contributed by atoms with van der Waals surface area (Å²) in [6, 6.07) is 9.40. The second-order valence-electron chi connectivity index (χ2n) is 4.19. The number of nitrogens with two attached hydrogens (primary N) is 1. The molecule has 0 radical (unpaired) electrons. The van der Waals surface area contributed by atoms with Crippen LogP contribution in [0, 0.1) is 11.8 Å². The fraction of sp³-hybridized carbons (Fsp3) is 0.133. The van der Waals surface area contributed by atoms with Gasteiger partial charge in [0.15, 0.2) is 5.06 Å². The smallest absolute Gasteiger partial charge is 0.339 e. The molecule has 0 aliphatic heterocycles. The lowest BCUT2D eigenvalue weighted by molar-refractivity contribution is -0.0536. The fourth-order valence-electron chi connectivity index (χ4n) is 1.51. The second-order valence-corrected chi connectivity index (χ2v) is 5.10. The van der Waals surface area contributed by atoms with Gasteiger partial charge in [0.25, 0.3) is 0 Å². The standard InChI is InChI=1S/C15H14N2O3S/c1-11(17(19)15(16)18)7-8-12-4-2-5-13(10-12)20-14-6-3-9-21-14/h2-6,9-11,19H,1H3,(H2,16,18). The Morgan fingerprint density at radius 2 is 2.24 bits per heavy atom. The molecule has 21 heavy (non-hydrogen) atoms. The Morgan fingerprint density at radius 1 is 1.43 bits per heavy atom. The highest BCUT2D eigenvalue weighted by atomic mass is 32.1. The highest BCUT2D eigenvalue weighted by Gasteiger charge is 2.11. The van der Waals surface area contributed by atoms with Crippen molar-refractivity contribution in [2.24, 2.45) is 5.73 Å². The van der Waals surface area contributed by atoms with Gasteiger partial charge < -0.3 is 10.5 Å². The van der Waals surface area contributed by atoms with Crippen LogP contribution in [0.15, 0.2) is 41.8 Å². The molecular formula is C15H14N2O3S. The summed E-state index contributed by atoms with van der Waals surface area (Å²) >= 11 is 1.50. The SMILES string of the molecule is CC(C#Cc1cccc(Oc2cccs2)c1)N(O)C(N)=O. The quantitative estimate of drug-likeness (QED) is 0.520. The molecule has 0 spiro atoms. The summed E-state index contributed by atoms with van der Waals surface area (Å²) < 4.78 is 5.67. The van der Waals surface area contributed by atoms with Gasteiger partial charge in [0, 0.05) is 5.56 Å². The molecular weight excluding hydrogens is 288 g/mol. The minimum absolute atomic E-state index is 0.388. The van der Waals surface area contributed by atoms with E-state index in [2.05, 4.69) is 11.8 Å². The van der Waals surface area contributed by atoms with E-state index in [0.29, 0.717) is 16.4 Å². The number of carbonyl (C=O) groups is 1. The van der Waals surface area contributed by atoms with Gasteiger partial charge in [0.1, 0.15) is 11.8 Å². The van der Waals surface area contributed by atoms with Gasteiger partial charge in [-0.3, -0.25) is 5.21 Å². The summed E-state index contributed by atoms with van der Waals surface area (Å²) in [6.07, 6.45) is 0. The van der Waals surface area contributed by atoms with Gasteiger partial charge in [0.05, 0.1) is 0 Å². The first-order valence-electron chi connectivity index (χ1n) is 6.17. The van der Waals surface area contributed by atoms with Gasteiger partial charge >= 0.3 is 6.03 Å². The minimum atomic E-state index is -0.938. The molecule has 1 atom stereocenters. The second kappa shape index (κ2) is 6.79. The first-order chi connectivity index (χ1) is 10.1. The molecule has 0 fully saturated rings. The maximum absolute atomic E-state index is 10.8. The van der Waals surface area contributed by atoms with E-state index in [1.54, 1.807) is 13.0 Å². The number of primary amides is 1. The fourth-order valence-corrected chi connectivity index (χ4v) is 2.11. The average Bonchev–Trinajstić information content (AvgIpc) is 2.97. The molecule has 2 rings (SSSR count). The summed E-state index contributed by atoms with van der Waals surface area (Å²) in [7, 11) is 0. The monoisotopic (exact) mass is 302 g/mol. The predicted molar refractivity (Wildman–Crippen MR) is 80.4 cm³/mol. The van der Waals surface area contributed by atoms with E-state index >= 15 is 0 Å². The van der Waals surface area contributed by atoms with Gasteiger partial charge in [-0.2, -0.15) is 5.06 Å². The molecule has 2 aromatic rings. The zero-order chi connectivity index (χ0) is 15.2. The maximum atomic E-state index is 10.8. The Bertz CT molecular complexity index is 674. The highest BCUT2D eigenvalue weighted by Crippen LogP contribution is 2.26. The molecule has 0 saturated carbocycles. The van der Waals surface area contributed by atoms with Gasteiger partial charge in [0.2, 0.25) is 0 Å². The third-order valence-electron chi connectivity index (χ3n) is 2.57. The van der Waals surface area contributed by atoms with Crippen LogP contribution in [0.5, 0.6) is 10.8 Å². The molecule has 5 nitrogen and oxygen atoms in total. The Balaban J connectivity index is 2.10. The van der Waals surface area contributed by atoms with Crippen LogP contribution in [-0.4, -0.2) is 22.3 Å². The number of carbonyl (C=O) groups excluding carboxylic acids is 1. The van der Waals surface area contributed by atoms with E-state index in [1.807, 2.05) is 35.7 Å². The number of rotatable bonds is 3. The summed E-state index contributed by atoms with van der Waals surface area (Å²) in [5.74, 6) is 6.28. The van der Waals surface area contributed by atoms with Gasteiger partial charge in [-0.1, -0.05) is 17.9 Å². The average molecular weight is 302 g/mol. The highest BCUT2D eigenvalue weighted by molar-refractivity contribution is 7.11. The molecule has 0 aliphatic rings. The zero-order valence-corrected chi connectivity index (χ0v) is 12.1. The van der Waals surface area contributed by atoms with E-state index < -0.39 is 12.1 Å². The molecule has 0 bridgehead atoms. The van der Waals surface area contributed by atoms with E-state index in [0.717, 1.165) is 5.06 Å². The van der Waals surface area contributed by atoms with Crippen LogP contribution in [0.25, 0.3) is 0 Å². The minimum Gasteiger partial charge on any atom is -0.447 e. The normalized spacial score (nSPS) is 11.1. The number of urea groups is 1. The predicted octanol–water partition coefficient (Wildman–Crippen LogP) is 3.05. The number of nitrogens with zero attached hydrogens (tertiary/aromatic N) is 1. The summed E-state index contributed by atoms with van der Waals surface area (Å²) in [6.45, 7) is 1.57. The van der Waals surface area contributed by atoms with Gasteiger partial charge in [-0.15, -0.1) is 11.3 Å². The molecule has 0 saturated heterocycles. The van der Waals surface area contributed by atoms with Crippen molar-refractivity contribution in [3.05, 3.63) is 47.3 Å². The molecule has 1 unspecified atom stereocenters. The lowest BCUT2D eigenvalue weighted by atomic mass is 10.2. The molecule has 2 amide bonds. The molecule has 6 heteroatoms. The summed E-state index contributed by atoms with van der Waals surface area (Å²) in [5.41, 5.74) is 5.67. The molecule has 1 aromatic carbocycles. The number of hydroxylamine groups is 2. The molecule has 108 valence electrons. The van der Waals surface area contributed by atoms with E-state index in [4.69, 9.17) is 10.5 Å². The van der Waals surface area contributed by atoms with E-state index in [1.165, 1.54) is 11.3 Å². The Morgan fingerprint density at radius 3 is 2.90 bits per heavy atom. The van der Waals surface area contributed by atoms with Crippen molar-refractivity contribution in [3.8, 4) is 22.7 Å². The van der Waals surface area contributed by atoms with E-state index in [-0.39, 0.29) is 0 Å². The summed E-state index contributed by atoms with van der Waals surface area (Å²) in [5, 5.41) is 12.4. The molecule has 1 heterocycles. The summed E-state index contributed by atoms with van der Waals surface area (Å²) in [4.78, 5) is 10.8. The number of hydrogen-bond donors (Lipinski definition) is 2. The third-order valence-corrected chi connectivity index (χ3v) is 3.31. The van der Waals surface area contributed by atoms with Crippen molar-refractivity contribution in [3.63, 3.8) is 0 Å². The number of hydrogen-bond acceptors (Lipinski definition) is 4. The van der Waals surface area contributed by atoms with Crippen LogP contribution >= 0.6 is 11.3 Å². The van der Waals surface area contributed by atoms with Crippen molar-refractivity contribution >= 4 is 17.4 Å². The number of amides is 2. The van der Waals surface area contributed by atoms with Crippen molar-refractivity contribution in [2.75, 3.05) is 0 Å². The van der Waals surface area contributed by atoms with Crippen LogP contribution in [0.2, 0.25) is 0 Å². The van der Waals surface area contributed by atoms with Crippen LogP contribution in [-0.2, 0) is 0 Å². The zero-order valence-electron chi connectivity index (χ0n) is 11.3. The van der Waals surface area contributed by atoms with Gasteiger partial charge in [-0.05, 0) is 42.6 Å². The van der Waals surface area contributed by atoms with E-state index in [9.17, 15) is 10.0 Å². The lowest BCUT2D eigenvalue weighted by Crippen LogP contribution is -2.38. The lowest BCUT2D eigenvalue weighted by Gasteiger charge is -2.14. The topological polar surface area (TPSA) is 75.8 Å². The number of benzene rings is 1. The van der Waals surface area contributed by atoms with Crippen LogP contribution < -0.4 is 10.5 Å². The molecule has 0 aliphatic carbocycles. The van der Waals surface area contributed by atoms with Crippen LogP contribution in [0.4, 0.5) is 4.79 Å². The van der Waals surface area contributed by atoms with Crippen LogP contribution in [0.1, 0.15) is 12.5 Å². The molecule has 1 aromatic heterocycles. The Labute approximate surface area is 126 Å².